The van der Waals surface area contributed by atoms with Crippen LogP contribution in [-0.4, -0.2) is 64.7 Å². The molecule has 9 nitrogen and oxygen atoms in total. The Morgan fingerprint density at radius 3 is 2.27 bits per heavy atom. The second-order valence-corrected chi connectivity index (χ2v) is 11.7. The third-order valence-corrected chi connectivity index (χ3v) is 7.72. The van der Waals surface area contributed by atoms with Crippen molar-refractivity contribution in [1.82, 2.24) is 10.2 Å². The minimum atomic E-state index is -3.91. The largest absolute Gasteiger partial charge is 0.497 e. The van der Waals surface area contributed by atoms with Crippen LogP contribution in [0.1, 0.15) is 30.0 Å². The van der Waals surface area contributed by atoms with E-state index >= 15 is 0 Å². The van der Waals surface area contributed by atoms with Crippen LogP contribution in [0.3, 0.4) is 0 Å². The van der Waals surface area contributed by atoms with Crippen molar-refractivity contribution >= 4 is 27.5 Å². The van der Waals surface area contributed by atoms with Gasteiger partial charge in [0.2, 0.25) is 21.8 Å². The maximum Gasteiger partial charge on any atom is 0.244 e. The second-order valence-electron chi connectivity index (χ2n) is 9.81. The second kappa shape index (κ2) is 14.5. The Kier molecular flexibility index (Phi) is 11.2. The monoisotopic (exact) mass is 581 g/mol. The Morgan fingerprint density at radius 1 is 0.927 bits per heavy atom. The summed E-state index contributed by atoms with van der Waals surface area (Å²) in [6.45, 7) is 3.77. The van der Waals surface area contributed by atoms with Gasteiger partial charge in [-0.25, -0.2) is 8.42 Å². The molecule has 10 heteroatoms. The van der Waals surface area contributed by atoms with Crippen molar-refractivity contribution in [3.05, 3.63) is 89.5 Å². The quantitative estimate of drug-likeness (QED) is 0.309. The summed E-state index contributed by atoms with van der Waals surface area (Å²) >= 11 is 0. The number of hydrogen-bond donors (Lipinski definition) is 1. The molecule has 1 atom stereocenters. The fraction of sp³-hybridized carbons (Fsp3) is 0.355. The van der Waals surface area contributed by atoms with Crippen molar-refractivity contribution in [3.63, 3.8) is 0 Å². The molecule has 2 amide bonds. The van der Waals surface area contributed by atoms with Gasteiger partial charge in [-0.1, -0.05) is 55.5 Å². The molecule has 0 unspecified atom stereocenters. The van der Waals surface area contributed by atoms with Crippen molar-refractivity contribution in [2.45, 2.75) is 39.3 Å². The van der Waals surface area contributed by atoms with Gasteiger partial charge in [-0.05, 0) is 54.3 Å². The molecule has 1 N–H and O–H groups in total. The molecule has 0 saturated heterocycles. The lowest BCUT2D eigenvalue weighted by Crippen LogP contribution is -2.53. The molecular weight excluding hydrogens is 542 g/mol. The van der Waals surface area contributed by atoms with E-state index < -0.39 is 28.5 Å². The molecule has 220 valence electrons. The molecule has 0 aliphatic rings. The van der Waals surface area contributed by atoms with E-state index in [-0.39, 0.29) is 24.6 Å². The van der Waals surface area contributed by atoms with Gasteiger partial charge >= 0.3 is 0 Å². The number of methoxy groups -OCH3 is 2. The van der Waals surface area contributed by atoms with Crippen molar-refractivity contribution in [2.75, 3.05) is 37.9 Å². The smallest absolute Gasteiger partial charge is 0.244 e. The van der Waals surface area contributed by atoms with Gasteiger partial charge in [-0.15, -0.1) is 0 Å². The number of benzene rings is 3. The molecule has 0 spiro atoms. The molecule has 0 saturated carbocycles. The first-order chi connectivity index (χ1) is 19.6. The first kappa shape index (κ1) is 31.5. The normalized spacial score (nSPS) is 11.8. The summed E-state index contributed by atoms with van der Waals surface area (Å²) in [6.07, 6.45) is 2.02. The molecule has 0 radical (unpaired) electrons. The van der Waals surface area contributed by atoms with E-state index in [9.17, 15) is 18.0 Å². The van der Waals surface area contributed by atoms with E-state index in [1.165, 1.54) is 12.0 Å². The molecular formula is C31H39N3O6S. The zero-order valence-corrected chi connectivity index (χ0v) is 25.1. The number of carbonyl (C=O) groups is 2. The van der Waals surface area contributed by atoms with Crippen molar-refractivity contribution in [1.29, 1.82) is 0 Å². The summed E-state index contributed by atoms with van der Waals surface area (Å²) < 4.78 is 37.9. The highest BCUT2D eigenvalue weighted by Gasteiger charge is 2.33. The first-order valence-electron chi connectivity index (χ1n) is 13.4. The van der Waals surface area contributed by atoms with Crippen molar-refractivity contribution in [2.24, 2.45) is 0 Å². The molecule has 3 rings (SSSR count). The maximum absolute atomic E-state index is 14.2. The standard InChI is InChI=1S/C31H39N3O6S/c1-6-17-32-31(36)28(20-24-11-8-7-9-12-24)33(21-25-13-10-14-26(19-25)39-3)30(35)22-34(41(5,37)38)27-18-23(2)15-16-29(27)40-4/h7-16,18-19,28H,6,17,20-22H2,1-5H3,(H,32,36)/t28-/m0/s1. The number of carbonyl (C=O) groups excluding carboxylic acids is 2. The maximum atomic E-state index is 14.2. The third-order valence-electron chi connectivity index (χ3n) is 6.59. The topological polar surface area (TPSA) is 105 Å². The van der Waals surface area contributed by atoms with Gasteiger partial charge in [0.15, 0.2) is 0 Å². The summed E-state index contributed by atoms with van der Waals surface area (Å²) in [5, 5.41) is 2.93. The Labute approximate surface area is 243 Å². The zero-order chi connectivity index (χ0) is 30.0. The lowest BCUT2D eigenvalue weighted by Gasteiger charge is -2.34. The fourth-order valence-electron chi connectivity index (χ4n) is 4.48. The Morgan fingerprint density at radius 2 is 1.63 bits per heavy atom. The molecule has 3 aromatic rings. The Balaban J connectivity index is 2.10. The number of nitrogens with one attached hydrogen (secondary N) is 1. The van der Waals surface area contributed by atoms with E-state index in [1.807, 2.05) is 50.2 Å². The number of sulfonamides is 1. The molecule has 3 aromatic carbocycles. The molecule has 0 aliphatic heterocycles. The number of nitrogens with zero attached hydrogens (tertiary/aromatic N) is 2. The molecule has 0 aliphatic carbocycles. The van der Waals surface area contributed by atoms with E-state index in [0.29, 0.717) is 18.0 Å². The molecule has 0 aromatic heterocycles. The van der Waals surface area contributed by atoms with E-state index in [2.05, 4.69) is 5.32 Å². The van der Waals surface area contributed by atoms with Crippen LogP contribution >= 0.6 is 0 Å². The average Bonchev–Trinajstić information content (AvgIpc) is 2.96. The highest BCUT2D eigenvalue weighted by Crippen LogP contribution is 2.31. The van der Waals surface area contributed by atoms with Crippen LogP contribution in [0.2, 0.25) is 0 Å². The molecule has 0 heterocycles. The Bertz CT molecular complexity index is 1430. The number of anilines is 1. The van der Waals surface area contributed by atoms with Crippen molar-refractivity contribution in [3.8, 4) is 11.5 Å². The van der Waals surface area contributed by atoms with Gasteiger partial charge < -0.3 is 19.7 Å². The fourth-order valence-corrected chi connectivity index (χ4v) is 5.32. The highest BCUT2D eigenvalue weighted by atomic mass is 32.2. The van der Waals surface area contributed by atoms with Gasteiger partial charge in [0.05, 0.1) is 26.2 Å². The lowest BCUT2D eigenvalue weighted by molar-refractivity contribution is -0.140. The number of aryl methyl sites for hydroxylation is 1. The molecule has 0 bridgehead atoms. The average molecular weight is 582 g/mol. The van der Waals surface area contributed by atoms with E-state index in [4.69, 9.17) is 9.47 Å². The van der Waals surface area contributed by atoms with Crippen molar-refractivity contribution < 1.29 is 27.5 Å². The molecule has 0 fully saturated rings. The third kappa shape index (κ3) is 8.72. The summed E-state index contributed by atoms with van der Waals surface area (Å²) in [5.74, 6) is 0.0715. The van der Waals surface area contributed by atoms with E-state index in [1.54, 1.807) is 43.5 Å². The predicted molar refractivity (Wildman–Crippen MR) is 161 cm³/mol. The van der Waals surface area contributed by atoms with Gasteiger partial charge in [-0.3, -0.25) is 13.9 Å². The van der Waals surface area contributed by atoms with Gasteiger partial charge in [0.25, 0.3) is 0 Å². The van der Waals surface area contributed by atoms with Gasteiger partial charge in [-0.2, -0.15) is 0 Å². The lowest BCUT2D eigenvalue weighted by atomic mass is 10.0. The highest BCUT2D eigenvalue weighted by molar-refractivity contribution is 7.92. The van der Waals surface area contributed by atoms with Crippen LogP contribution in [0.4, 0.5) is 5.69 Å². The van der Waals surface area contributed by atoms with Crippen LogP contribution in [-0.2, 0) is 32.6 Å². The van der Waals surface area contributed by atoms with Crippen LogP contribution in [0.15, 0.2) is 72.8 Å². The van der Waals surface area contributed by atoms with E-state index in [0.717, 1.165) is 33.7 Å². The summed E-state index contributed by atoms with van der Waals surface area (Å²) in [5.41, 5.74) is 2.65. The Hall–Kier alpha value is -4.05. The minimum Gasteiger partial charge on any atom is -0.497 e. The molecule has 41 heavy (non-hydrogen) atoms. The number of amides is 2. The first-order valence-corrected chi connectivity index (χ1v) is 15.3. The van der Waals surface area contributed by atoms with Gasteiger partial charge in [0.1, 0.15) is 24.1 Å². The van der Waals surface area contributed by atoms with Crippen LogP contribution in [0, 0.1) is 6.92 Å². The predicted octanol–water partition coefficient (Wildman–Crippen LogP) is 3.94. The van der Waals surface area contributed by atoms with Crippen LogP contribution in [0.25, 0.3) is 0 Å². The zero-order valence-electron chi connectivity index (χ0n) is 24.3. The number of hydrogen-bond acceptors (Lipinski definition) is 6. The van der Waals surface area contributed by atoms with Crippen LogP contribution in [0.5, 0.6) is 11.5 Å². The SMILES string of the molecule is CCCNC(=O)[C@H](Cc1ccccc1)N(Cc1cccc(OC)c1)C(=O)CN(c1cc(C)ccc1OC)S(C)(=O)=O. The van der Waals surface area contributed by atoms with Gasteiger partial charge in [0, 0.05) is 19.5 Å². The summed E-state index contributed by atoms with van der Waals surface area (Å²) in [4.78, 5) is 29.2. The van der Waals surface area contributed by atoms with Crippen LogP contribution < -0.4 is 19.1 Å². The summed E-state index contributed by atoms with van der Waals surface area (Å²) in [6, 6.07) is 20.9. The number of rotatable bonds is 14. The number of ether oxygens (including phenoxy) is 2. The summed E-state index contributed by atoms with van der Waals surface area (Å²) in [7, 11) is -0.916. The minimum absolute atomic E-state index is 0.0651.